The van der Waals surface area contributed by atoms with Gasteiger partial charge in [-0.2, -0.15) is 0 Å². The molecular weight excluding hydrogens is 150 g/mol. The standard InChI is InChI=1S/C10H17NO/c1-5-10(6-7-11-3)8-9(2)12-4/h5,8,11H,1-2,6-7H2,3-4H3/b10-8+. The molecule has 0 unspecified atom stereocenters. The van der Waals surface area contributed by atoms with Crippen molar-refractivity contribution < 1.29 is 4.74 Å². The third kappa shape index (κ3) is 4.74. The molecule has 68 valence electrons. The first-order chi connectivity index (χ1) is 5.74. The Balaban J connectivity index is 4.03. The van der Waals surface area contributed by atoms with Crippen LogP contribution in [0.5, 0.6) is 0 Å². The summed E-state index contributed by atoms with van der Waals surface area (Å²) in [7, 11) is 3.53. The van der Waals surface area contributed by atoms with Crippen LogP contribution in [0.25, 0.3) is 0 Å². The SMILES string of the molecule is C=C/C(=C\C(=C)OC)CCNC. The van der Waals surface area contributed by atoms with Crippen molar-refractivity contribution in [3.05, 3.63) is 36.6 Å². The van der Waals surface area contributed by atoms with Crippen LogP contribution in [-0.2, 0) is 4.74 Å². The molecule has 0 spiro atoms. The molecule has 0 fully saturated rings. The second-order valence-corrected chi connectivity index (χ2v) is 2.45. The van der Waals surface area contributed by atoms with Crippen molar-refractivity contribution in [2.45, 2.75) is 6.42 Å². The zero-order valence-corrected chi connectivity index (χ0v) is 7.89. The van der Waals surface area contributed by atoms with Gasteiger partial charge in [-0.15, -0.1) is 0 Å². The molecule has 0 atom stereocenters. The molecule has 0 radical (unpaired) electrons. The van der Waals surface area contributed by atoms with Gasteiger partial charge in [0.1, 0.15) is 5.76 Å². The number of hydrogen-bond donors (Lipinski definition) is 1. The Hall–Kier alpha value is -1.02. The molecule has 0 aliphatic carbocycles. The van der Waals surface area contributed by atoms with E-state index in [2.05, 4.69) is 18.5 Å². The second-order valence-electron chi connectivity index (χ2n) is 2.45. The number of rotatable bonds is 6. The maximum atomic E-state index is 4.92. The summed E-state index contributed by atoms with van der Waals surface area (Å²) >= 11 is 0. The van der Waals surface area contributed by atoms with E-state index in [0.29, 0.717) is 5.76 Å². The molecule has 0 aromatic rings. The molecule has 0 aliphatic heterocycles. The van der Waals surface area contributed by atoms with E-state index in [4.69, 9.17) is 4.74 Å². The average molecular weight is 167 g/mol. The van der Waals surface area contributed by atoms with Crippen molar-refractivity contribution in [1.82, 2.24) is 5.32 Å². The highest BCUT2D eigenvalue weighted by Gasteiger charge is 1.92. The summed E-state index contributed by atoms with van der Waals surface area (Å²) in [5, 5.41) is 3.06. The number of hydrogen-bond acceptors (Lipinski definition) is 2. The lowest BCUT2D eigenvalue weighted by molar-refractivity contribution is 0.308. The summed E-state index contributed by atoms with van der Waals surface area (Å²) < 4.78 is 4.92. The van der Waals surface area contributed by atoms with Crippen LogP contribution in [0.2, 0.25) is 0 Å². The van der Waals surface area contributed by atoms with E-state index in [9.17, 15) is 0 Å². The first kappa shape index (κ1) is 11.0. The molecule has 0 saturated carbocycles. The molecule has 12 heavy (non-hydrogen) atoms. The van der Waals surface area contributed by atoms with Gasteiger partial charge in [-0.3, -0.25) is 0 Å². The second kappa shape index (κ2) is 6.68. The van der Waals surface area contributed by atoms with E-state index in [1.54, 1.807) is 7.11 Å². The van der Waals surface area contributed by atoms with Crippen molar-refractivity contribution >= 4 is 0 Å². The highest BCUT2D eigenvalue weighted by atomic mass is 16.5. The van der Waals surface area contributed by atoms with Gasteiger partial charge in [0.15, 0.2) is 0 Å². The number of methoxy groups -OCH3 is 1. The smallest absolute Gasteiger partial charge is 0.111 e. The summed E-state index contributed by atoms with van der Waals surface area (Å²) in [5.41, 5.74) is 1.14. The van der Waals surface area contributed by atoms with E-state index in [0.717, 1.165) is 18.5 Å². The minimum Gasteiger partial charge on any atom is -0.497 e. The molecule has 2 nitrogen and oxygen atoms in total. The van der Waals surface area contributed by atoms with E-state index < -0.39 is 0 Å². The van der Waals surface area contributed by atoms with Crippen LogP contribution in [0.4, 0.5) is 0 Å². The van der Waals surface area contributed by atoms with Crippen molar-refractivity contribution in [3.63, 3.8) is 0 Å². The van der Waals surface area contributed by atoms with Crippen LogP contribution >= 0.6 is 0 Å². The topological polar surface area (TPSA) is 21.3 Å². The van der Waals surface area contributed by atoms with Crippen LogP contribution in [0.1, 0.15) is 6.42 Å². The third-order valence-corrected chi connectivity index (χ3v) is 1.53. The molecule has 0 aromatic carbocycles. The Bertz CT molecular complexity index is 182. The van der Waals surface area contributed by atoms with Crippen LogP contribution in [-0.4, -0.2) is 20.7 Å². The highest BCUT2D eigenvalue weighted by Crippen LogP contribution is 2.05. The molecule has 0 aliphatic rings. The molecule has 0 amide bonds. The van der Waals surface area contributed by atoms with Crippen LogP contribution in [0.15, 0.2) is 36.6 Å². The van der Waals surface area contributed by atoms with Crippen LogP contribution in [0, 0.1) is 0 Å². The van der Waals surface area contributed by atoms with Gasteiger partial charge in [-0.1, -0.05) is 19.2 Å². The monoisotopic (exact) mass is 167 g/mol. The quantitative estimate of drug-likeness (QED) is 0.481. The third-order valence-electron chi connectivity index (χ3n) is 1.53. The van der Waals surface area contributed by atoms with Gasteiger partial charge in [0.25, 0.3) is 0 Å². The Labute approximate surface area is 74.6 Å². The van der Waals surface area contributed by atoms with Gasteiger partial charge in [0.2, 0.25) is 0 Å². The van der Waals surface area contributed by atoms with Crippen LogP contribution in [0.3, 0.4) is 0 Å². The zero-order valence-electron chi connectivity index (χ0n) is 7.89. The first-order valence-electron chi connectivity index (χ1n) is 3.95. The van der Waals surface area contributed by atoms with Gasteiger partial charge < -0.3 is 10.1 Å². The van der Waals surface area contributed by atoms with Crippen molar-refractivity contribution in [2.24, 2.45) is 0 Å². The maximum absolute atomic E-state index is 4.92. The molecule has 1 N–H and O–H groups in total. The number of ether oxygens (including phenoxy) is 1. The number of nitrogens with one attached hydrogen (secondary N) is 1. The fraction of sp³-hybridized carbons (Fsp3) is 0.400. The molecular formula is C10H17NO. The fourth-order valence-corrected chi connectivity index (χ4v) is 0.768. The predicted molar refractivity (Wildman–Crippen MR) is 53.0 cm³/mol. The lowest BCUT2D eigenvalue weighted by atomic mass is 10.1. The summed E-state index contributed by atoms with van der Waals surface area (Å²) in [4.78, 5) is 0. The van der Waals surface area contributed by atoms with E-state index in [-0.39, 0.29) is 0 Å². The van der Waals surface area contributed by atoms with Crippen molar-refractivity contribution in [2.75, 3.05) is 20.7 Å². The lowest BCUT2D eigenvalue weighted by Gasteiger charge is -2.02. The first-order valence-corrected chi connectivity index (χ1v) is 3.95. The van der Waals surface area contributed by atoms with E-state index in [1.165, 1.54) is 0 Å². The van der Waals surface area contributed by atoms with E-state index >= 15 is 0 Å². The van der Waals surface area contributed by atoms with Gasteiger partial charge in [-0.05, 0) is 31.7 Å². The molecule has 0 saturated heterocycles. The highest BCUT2D eigenvalue weighted by molar-refractivity contribution is 5.24. The Morgan fingerprint density at radius 3 is 2.67 bits per heavy atom. The van der Waals surface area contributed by atoms with Gasteiger partial charge in [0.05, 0.1) is 7.11 Å². The molecule has 0 aromatic heterocycles. The number of allylic oxidation sites excluding steroid dienone is 2. The molecule has 2 heteroatoms. The maximum Gasteiger partial charge on any atom is 0.111 e. The normalized spacial score (nSPS) is 11.0. The summed E-state index contributed by atoms with van der Waals surface area (Å²) in [6.07, 6.45) is 4.66. The zero-order chi connectivity index (χ0) is 9.40. The fourth-order valence-electron chi connectivity index (χ4n) is 0.768. The van der Waals surface area contributed by atoms with Crippen LogP contribution < -0.4 is 5.32 Å². The summed E-state index contributed by atoms with van der Waals surface area (Å²) in [6, 6.07) is 0. The Morgan fingerprint density at radius 2 is 2.25 bits per heavy atom. The lowest BCUT2D eigenvalue weighted by Crippen LogP contribution is -2.07. The Kier molecular flexibility index (Phi) is 6.11. The summed E-state index contributed by atoms with van der Waals surface area (Å²) in [5.74, 6) is 0.668. The van der Waals surface area contributed by atoms with Gasteiger partial charge >= 0.3 is 0 Å². The minimum atomic E-state index is 0.668. The molecule has 0 rings (SSSR count). The molecule has 0 bridgehead atoms. The van der Waals surface area contributed by atoms with Gasteiger partial charge in [-0.25, -0.2) is 0 Å². The van der Waals surface area contributed by atoms with Crippen molar-refractivity contribution in [3.8, 4) is 0 Å². The molecule has 0 heterocycles. The minimum absolute atomic E-state index is 0.668. The van der Waals surface area contributed by atoms with Gasteiger partial charge in [0, 0.05) is 0 Å². The summed E-state index contributed by atoms with van der Waals surface area (Å²) in [6.45, 7) is 8.35. The largest absolute Gasteiger partial charge is 0.497 e. The Morgan fingerprint density at radius 1 is 1.58 bits per heavy atom. The predicted octanol–water partition coefficient (Wildman–Crippen LogP) is 1.87. The van der Waals surface area contributed by atoms with E-state index in [1.807, 2.05) is 19.2 Å². The average Bonchev–Trinajstić information content (AvgIpc) is 2.11. The van der Waals surface area contributed by atoms with Crippen molar-refractivity contribution in [1.29, 1.82) is 0 Å².